The molecule has 1 heterocycles. The molecule has 2 atom stereocenters. The number of hydrogen-bond acceptors (Lipinski definition) is 3. The van der Waals surface area contributed by atoms with Gasteiger partial charge in [0.15, 0.2) is 0 Å². The number of likely N-dealkylation sites (N-methyl/N-ethyl adjacent to an activating group) is 1. The van der Waals surface area contributed by atoms with Crippen LogP contribution >= 0.6 is 0 Å². The summed E-state index contributed by atoms with van der Waals surface area (Å²) < 4.78 is 19.4. The molecule has 1 aliphatic rings. The molecule has 0 radical (unpaired) electrons. The molecule has 1 saturated heterocycles. The van der Waals surface area contributed by atoms with Crippen LogP contribution < -0.4 is 10.1 Å². The molecule has 0 aromatic heterocycles. The topological polar surface area (TPSA) is 24.5 Å². The highest BCUT2D eigenvalue weighted by atomic mass is 19.1. The Morgan fingerprint density at radius 2 is 2.26 bits per heavy atom. The predicted molar refractivity (Wildman–Crippen MR) is 75.0 cm³/mol. The minimum Gasteiger partial charge on any atom is -0.496 e. The Hall–Kier alpha value is -1.13. The highest BCUT2D eigenvalue weighted by Gasteiger charge is 2.26. The molecule has 1 aliphatic heterocycles. The third-order valence-corrected chi connectivity index (χ3v) is 4.11. The Balaban J connectivity index is 2.20. The van der Waals surface area contributed by atoms with Crippen LogP contribution in [0.2, 0.25) is 0 Å². The summed E-state index contributed by atoms with van der Waals surface area (Å²) >= 11 is 0. The van der Waals surface area contributed by atoms with E-state index < -0.39 is 0 Å². The van der Waals surface area contributed by atoms with E-state index in [1.165, 1.54) is 12.5 Å². The lowest BCUT2D eigenvalue weighted by Crippen LogP contribution is -2.45. The average molecular weight is 266 g/mol. The first-order valence-corrected chi connectivity index (χ1v) is 6.90. The van der Waals surface area contributed by atoms with Gasteiger partial charge in [-0.3, -0.25) is 4.90 Å². The van der Waals surface area contributed by atoms with Crippen molar-refractivity contribution in [3.8, 4) is 5.75 Å². The van der Waals surface area contributed by atoms with E-state index in [2.05, 4.69) is 17.3 Å². The van der Waals surface area contributed by atoms with Crippen molar-refractivity contribution in [3.63, 3.8) is 0 Å². The van der Waals surface area contributed by atoms with Gasteiger partial charge in [0.05, 0.1) is 7.11 Å². The zero-order chi connectivity index (χ0) is 13.8. The van der Waals surface area contributed by atoms with E-state index in [9.17, 15) is 4.39 Å². The van der Waals surface area contributed by atoms with E-state index in [4.69, 9.17) is 4.74 Å². The van der Waals surface area contributed by atoms with Crippen molar-refractivity contribution in [2.45, 2.75) is 31.8 Å². The van der Waals surface area contributed by atoms with Crippen molar-refractivity contribution in [1.82, 2.24) is 10.2 Å². The largest absolute Gasteiger partial charge is 0.496 e. The number of rotatable bonds is 4. The summed E-state index contributed by atoms with van der Waals surface area (Å²) in [6, 6.07) is 5.46. The van der Waals surface area contributed by atoms with Gasteiger partial charge in [0, 0.05) is 24.2 Å². The van der Waals surface area contributed by atoms with Crippen LogP contribution in [0.15, 0.2) is 18.2 Å². The summed E-state index contributed by atoms with van der Waals surface area (Å²) in [6.45, 7) is 4.09. The molecule has 1 N–H and O–H groups in total. The fourth-order valence-corrected chi connectivity index (χ4v) is 2.80. The lowest BCUT2D eigenvalue weighted by atomic mass is 10.00. The van der Waals surface area contributed by atoms with Gasteiger partial charge in [-0.1, -0.05) is 6.07 Å². The zero-order valence-electron chi connectivity index (χ0n) is 11.9. The Bertz CT molecular complexity index is 419. The summed E-state index contributed by atoms with van der Waals surface area (Å²) in [5.41, 5.74) is 0.651. The van der Waals surface area contributed by atoms with Crippen LogP contribution in [-0.2, 0) is 0 Å². The maximum absolute atomic E-state index is 14.1. The predicted octanol–water partition coefficient (Wildman–Crippen LogP) is 2.58. The lowest BCUT2D eigenvalue weighted by Gasteiger charge is -2.36. The van der Waals surface area contributed by atoms with Crippen molar-refractivity contribution >= 4 is 0 Å². The summed E-state index contributed by atoms with van der Waals surface area (Å²) in [4.78, 5) is 2.24. The summed E-state index contributed by atoms with van der Waals surface area (Å²) in [5.74, 6) is 0.436. The highest BCUT2D eigenvalue weighted by molar-refractivity contribution is 5.37. The van der Waals surface area contributed by atoms with Gasteiger partial charge >= 0.3 is 0 Å². The van der Waals surface area contributed by atoms with E-state index in [1.54, 1.807) is 13.2 Å². The Labute approximate surface area is 114 Å². The molecular weight excluding hydrogens is 243 g/mol. The number of methoxy groups -OCH3 is 1. The quantitative estimate of drug-likeness (QED) is 0.906. The van der Waals surface area contributed by atoms with Crippen LogP contribution in [0.3, 0.4) is 0 Å². The van der Waals surface area contributed by atoms with E-state index in [-0.39, 0.29) is 11.9 Å². The van der Waals surface area contributed by atoms with Gasteiger partial charge in [-0.2, -0.15) is 0 Å². The number of nitrogens with zero attached hydrogens (tertiary/aromatic N) is 1. The van der Waals surface area contributed by atoms with Gasteiger partial charge < -0.3 is 10.1 Å². The van der Waals surface area contributed by atoms with E-state index in [0.29, 0.717) is 17.4 Å². The summed E-state index contributed by atoms with van der Waals surface area (Å²) in [5, 5.41) is 3.40. The number of nitrogens with one attached hydrogen (secondary N) is 1. The van der Waals surface area contributed by atoms with Crippen LogP contribution in [0, 0.1) is 5.82 Å². The van der Waals surface area contributed by atoms with Gasteiger partial charge in [0.25, 0.3) is 0 Å². The van der Waals surface area contributed by atoms with Crippen LogP contribution in [-0.4, -0.2) is 38.2 Å². The van der Waals surface area contributed by atoms with Gasteiger partial charge in [0.1, 0.15) is 11.6 Å². The normalized spacial score (nSPS) is 21.4. The second-order valence-electron chi connectivity index (χ2n) is 5.20. The fraction of sp³-hybridized carbons (Fsp3) is 0.600. The van der Waals surface area contributed by atoms with Gasteiger partial charge in [0.2, 0.25) is 0 Å². The average Bonchev–Trinajstić information content (AvgIpc) is 2.46. The number of ether oxygens (including phenoxy) is 1. The zero-order valence-corrected chi connectivity index (χ0v) is 11.9. The SMILES string of the molecule is COc1cccc(F)c1C(C)N(C)C1CCCNC1. The molecule has 1 aromatic rings. The monoisotopic (exact) mass is 266 g/mol. The number of halogens is 1. The molecular formula is C15H23FN2O. The fourth-order valence-electron chi connectivity index (χ4n) is 2.80. The van der Waals surface area contributed by atoms with Crippen molar-refractivity contribution < 1.29 is 9.13 Å². The molecule has 0 bridgehead atoms. The molecule has 0 saturated carbocycles. The van der Waals surface area contributed by atoms with Crippen LogP contribution in [0.5, 0.6) is 5.75 Å². The Kier molecular flexibility index (Phi) is 4.77. The van der Waals surface area contributed by atoms with Crippen molar-refractivity contribution in [2.24, 2.45) is 0 Å². The second-order valence-corrected chi connectivity index (χ2v) is 5.20. The number of benzene rings is 1. The molecule has 1 fully saturated rings. The van der Waals surface area contributed by atoms with E-state index in [0.717, 1.165) is 19.5 Å². The maximum Gasteiger partial charge on any atom is 0.131 e. The van der Waals surface area contributed by atoms with Crippen molar-refractivity contribution in [3.05, 3.63) is 29.6 Å². The van der Waals surface area contributed by atoms with E-state index in [1.807, 2.05) is 13.0 Å². The van der Waals surface area contributed by atoms with Gasteiger partial charge in [-0.15, -0.1) is 0 Å². The second kappa shape index (κ2) is 6.35. The molecule has 2 rings (SSSR count). The smallest absolute Gasteiger partial charge is 0.131 e. The molecule has 4 heteroatoms. The van der Waals surface area contributed by atoms with Crippen LogP contribution in [0.25, 0.3) is 0 Å². The van der Waals surface area contributed by atoms with Crippen LogP contribution in [0.4, 0.5) is 4.39 Å². The molecule has 2 unspecified atom stereocenters. The third kappa shape index (κ3) is 3.07. The molecule has 0 spiro atoms. The minimum absolute atomic E-state index is 0.000972. The number of piperidine rings is 1. The molecule has 19 heavy (non-hydrogen) atoms. The van der Waals surface area contributed by atoms with Crippen molar-refractivity contribution in [1.29, 1.82) is 0 Å². The molecule has 1 aromatic carbocycles. The van der Waals surface area contributed by atoms with Gasteiger partial charge in [-0.05, 0) is 45.5 Å². The maximum atomic E-state index is 14.1. The molecule has 106 valence electrons. The summed E-state index contributed by atoms with van der Waals surface area (Å²) in [7, 11) is 3.65. The first kappa shape index (κ1) is 14.3. The molecule has 0 amide bonds. The molecule has 0 aliphatic carbocycles. The third-order valence-electron chi connectivity index (χ3n) is 4.11. The standard InChI is InChI=1S/C15H23FN2O/c1-11(18(2)12-6-5-9-17-10-12)15-13(16)7-4-8-14(15)19-3/h4,7-8,11-12,17H,5-6,9-10H2,1-3H3. The van der Waals surface area contributed by atoms with Crippen molar-refractivity contribution in [2.75, 3.05) is 27.2 Å². The summed E-state index contributed by atoms with van der Waals surface area (Å²) in [6.07, 6.45) is 2.33. The minimum atomic E-state index is -0.192. The Morgan fingerprint density at radius 3 is 2.89 bits per heavy atom. The van der Waals surface area contributed by atoms with Gasteiger partial charge in [-0.25, -0.2) is 4.39 Å². The first-order chi connectivity index (χ1) is 9.15. The number of hydrogen-bond donors (Lipinski definition) is 1. The molecule has 3 nitrogen and oxygen atoms in total. The first-order valence-electron chi connectivity index (χ1n) is 6.90. The Morgan fingerprint density at radius 1 is 1.47 bits per heavy atom. The highest BCUT2D eigenvalue weighted by Crippen LogP contribution is 2.32. The van der Waals surface area contributed by atoms with E-state index >= 15 is 0 Å². The lowest BCUT2D eigenvalue weighted by molar-refractivity contribution is 0.151. The van der Waals surface area contributed by atoms with Crippen LogP contribution in [0.1, 0.15) is 31.4 Å².